The summed E-state index contributed by atoms with van der Waals surface area (Å²) in [7, 11) is 0. The molecule has 98 valence electrons. The Bertz CT molecular complexity index is 564. The van der Waals surface area contributed by atoms with Crippen molar-refractivity contribution in [2.45, 2.75) is 20.4 Å². The molecule has 0 unspecified atom stereocenters. The van der Waals surface area contributed by atoms with Crippen LogP contribution >= 0.6 is 0 Å². The third-order valence-corrected chi connectivity index (χ3v) is 2.99. The summed E-state index contributed by atoms with van der Waals surface area (Å²) in [6, 6.07) is 12.1. The summed E-state index contributed by atoms with van der Waals surface area (Å²) < 4.78 is 2.02. The van der Waals surface area contributed by atoms with Crippen molar-refractivity contribution in [3.05, 3.63) is 66.0 Å². The van der Waals surface area contributed by atoms with Gasteiger partial charge in [-0.1, -0.05) is 56.3 Å². The Labute approximate surface area is 114 Å². The molecule has 2 rings (SSSR count). The number of hydrogen-bond donors (Lipinski definition) is 0. The van der Waals surface area contributed by atoms with Crippen LogP contribution in [-0.2, 0) is 6.54 Å². The molecule has 0 fully saturated rings. The van der Waals surface area contributed by atoms with Crippen LogP contribution in [0.4, 0.5) is 0 Å². The molecule has 0 radical (unpaired) electrons. The number of carbonyl (C=O) groups is 1. The van der Waals surface area contributed by atoms with E-state index in [1.54, 1.807) is 0 Å². The Morgan fingerprint density at radius 1 is 1.21 bits per heavy atom. The molecule has 19 heavy (non-hydrogen) atoms. The summed E-state index contributed by atoms with van der Waals surface area (Å²) in [5, 5.41) is 0. The summed E-state index contributed by atoms with van der Waals surface area (Å²) in [5.41, 5.74) is 1.98. The van der Waals surface area contributed by atoms with E-state index in [0.29, 0.717) is 0 Å². The summed E-state index contributed by atoms with van der Waals surface area (Å²) in [6.45, 7) is 4.63. The number of Topliss-reactive ketones (excluding diaryl/α,β-unsaturated/α-hetero) is 1. The van der Waals surface area contributed by atoms with Gasteiger partial charge in [-0.05, 0) is 11.6 Å². The van der Waals surface area contributed by atoms with E-state index >= 15 is 0 Å². The number of carbonyl (C=O) groups excluding carboxylic acids is 1. The van der Waals surface area contributed by atoms with E-state index < -0.39 is 0 Å². The van der Waals surface area contributed by atoms with Gasteiger partial charge in [0.25, 0.3) is 0 Å². The van der Waals surface area contributed by atoms with Crippen molar-refractivity contribution in [3.8, 4) is 0 Å². The first-order chi connectivity index (χ1) is 9.16. The van der Waals surface area contributed by atoms with E-state index in [2.05, 4.69) is 24.3 Å². The van der Waals surface area contributed by atoms with Crippen LogP contribution in [0, 0.1) is 5.92 Å². The minimum Gasteiger partial charge on any atom is -0.350 e. The highest BCUT2D eigenvalue weighted by Gasteiger charge is 2.10. The normalized spacial score (nSPS) is 11.3. The van der Waals surface area contributed by atoms with Gasteiger partial charge in [0.2, 0.25) is 0 Å². The molecule has 1 heterocycles. The second-order valence-electron chi connectivity index (χ2n) is 4.93. The topological polar surface area (TPSA) is 22.0 Å². The lowest BCUT2D eigenvalue weighted by molar-refractivity contribution is 0.0939. The SMILES string of the molecule is CC(C)C(=O)c1ccn(CC=Cc2ccccc2)c1. The number of rotatable bonds is 5. The predicted octanol–water partition coefficient (Wildman–Crippen LogP) is 4.04. The molecule has 1 aromatic heterocycles. The highest BCUT2D eigenvalue weighted by molar-refractivity contribution is 5.97. The van der Waals surface area contributed by atoms with Crippen molar-refractivity contribution in [1.82, 2.24) is 4.57 Å². The van der Waals surface area contributed by atoms with Gasteiger partial charge in [0.05, 0.1) is 0 Å². The first-order valence-electron chi connectivity index (χ1n) is 6.58. The van der Waals surface area contributed by atoms with E-state index in [-0.39, 0.29) is 11.7 Å². The van der Waals surface area contributed by atoms with Crippen molar-refractivity contribution >= 4 is 11.9 Å². The molecule has 0 saturated heterocycles. The van der Waals surface area contributed by atoms with Crippen molar-refractivity contribution in [2.75, 3.05) is 0 Å². The van der Waals surface area contributed by atoms with Crippen LogP contribution < -0.4 is 0 Å². The number of allylic oxidation sites excluding steroid dienone is 1. The number of aromatic nitrogens is 1. The minimum atomic E-state index is 0.0516. The van der Waals surface area contributed by atoms with Crippen LogP contribution in [0.1, 0.15) is 29.8 Å². The van der Waals surface area contributed by atoms with E-state index in [9.17, 15) is 4.79 Å². The van der Waals surface area contributed by atoms with Gasteiger partial charge in [0, 0.05) is 30.4 Å². The molecule has 0 aliphatic rings. The second-order valence-corrected chi connectivity index (χ2v) is 4.93. The lowest BCUT2D eigenvalue weighted by Gasteiger charge is -2.00. The number of ketones is 1. The second kappa shape index (κ2) is 6.19. The molecule has 2 heteroatoms. The Morgan fingerprint density at radius 3 is 2.63 bits per heavy atom. The van der Waals surface area contributed by atoms with Gasteiger partial charge < -0.3 is 4.57 Å². The Kier molecular flexibility index (Phi) is 4.35. The van der Waals surface area contributed by atoms with Crippen LogP contribution in [0.15, 0.2) is 54.9 Å². The molecular formula is C17H19NO. The Hall–Kier alpha value is -2.09. The largest absolute Gasteiger partial charge is 0.350 e. The lowest BCUT2D eigenvalue weighted by Crippen LogP contribution is -2.06. The lowest BCUT2D eigenvalue weighted by atomic mass is 10.0. The molecule has 0 spiro atoms. The number of nitrogens with zero attached hydrogens (tertiary/aromatic N) is 1. The van der Waals surface area contributed by atoms with Gasteiger partial charge in [-0.15, -0.1) is 0 Å². The molecule has 0 N–H and O–H groups in total. The molecule has 0 saturated carbocycles. The van der Waals surface area contributed by atoms with Crippen molar-refractivity contribution < 1.29 is 4.79 Å². The maximum Gasteiger partial charge on any atom is 0.166 e. The standard InChI is InChI=1S/C17H19NO/c1-14(2)17(19)16-10-12-18(13-16)11-6-9-15-7-4-3-5-8-15/h3-10,12-14H,11H2,1-2H3. The molecule has 2 nitrogen and oxygen atoms in total. The van der Waals surface area contributed by atoms with Crippen LogP contribution in [0.2, 0.25) is 0 Å². The molecule has 0 bridgehead atoms. The zero-order valence-electron chi connectivity index (χ0n) is 11.4. The van der Waals surface area contributed by atoms with Crippen molar-refractivity contribution in [1.29, 1.82) is 0 Å². The Balaban J connectivity index is 1.97. The summed E-state index contributed by atoms with van der Waals surface area (Å²) in [4.78, 5) is 11.8. The first-order valence-corrected chi connectivity index (χ1v) is 6.58. The average Bonchev–Trinajstić information content (AvgIpc) is 2.88. The van der Waals surface area contributed by atoms with Crippen LogP contribution in [0.25, 0.3) is 6.08 Å². The van der Waals surface area contributed by atoms with Gasteiger partial charge in [-0.3, -0.25) is 4.79 Å². The average molecular weight is 253 g/mol. The molecule has 2 aromatic rings. The van der Waals surface area contributed by atoms with Crippen molar-refractivity contribution in [2.24, 2.45) is 5.92 Å². The van der Waals surface area contributed by atoms with E-state index in [1.165, 1.54) is 5.56 Å². The zero-order chi connectivity index (χ0) is 13.7. The fourth-order valence-electron chi connectivity index (χ4n) is 1.91. The fraction of sp³-hybridized carbons (Fsp3) is 0.235. The van der Waals surface area contributed by atoms with Crippen LogP contribution in [-0.4, -0.2) is 10.4 Å². The maximum absolute atomic E-state index is 11.8. The highest BCUT2D eigenvalue weighted by Crippen LogP contribution is 2.09. The molecular weight excluding hydrogens is 234 g/mol. The van der Waals surface area contributed by atoms with Gasteiger partial charge in [-0.2, -0.15) is 0 Å². The van der Waals surface area contributed by atoms with Gasteiger partial charge in [-0.25, -0.2) is 0 Å². The molecule has 0 aliphatic heterocycles. The van der Waals surface area contributed by atoms with Gasteiger partial charge in [0.1, 0.15) is 0 Å². The van der Waals surface area contributed by atoms with E-state index in [1.807, 2.05) is 55.1 Å². The first kappa shape index (κ1) is 13.3. The maximum atomic E-state index is 11.8. The zero-order valence-corrected chi connectivity index (χ0v) is 11.4. The third kappa shape index (κ3) is 3.68. The Morgan fingerprint density at radius 2 is 1.95 bits per heavy atom. The summed E-state index contributed by atoms with van der Waals surface area (Å²) in [6.07, 6.45) is 8.05. The summed E-state index contributed by atoms with van der Waals surface area (Å²) >= 11 is 0. The van der Waals surface area contributed by atoms with Crippen molar-refractivity contribution in [3.63, 3.8) is 0 Å². The quantitative estimate of drug-likeness (QED) is 0.737. The molecule has 0 atom stereocenters. The number of hydrogen-bond acceptors (Lipinski definition) is 1. The molecule has 0 amide bonds. The van der Waals surface area contributed by atoms with Crippen LogP contribution in [0.5, 0.6) is 0 Å². The predicted molar refractivity (Wildman–Crippen MR) is 79.1 cm³/mol. The fourth-order valence-corrected chi connectivity index (χ4v) is 1.91. The third-order valence-electron chi connectivity index (χ3n) is 2.99. The van der Waals surface area contributed by atoms with Crippen LogP contribution in [0.3, 0.4) is 0 Å². The highest BCUT2D eigenvalue weighted by atomic mass is 16.1. The molecule has 0 aliphatic carbocycles. The van der Waals surface area contributed by atoms with E-state index in [4.69, 9.17) is 0 Å². The summed E-state index contributed by atoms with van der Waals surface area (Å²) in [5.74, 6) is 0.251. The monoisotopic (exact) mass is 253 g/mol. The number of benzene rings is 1. The van der Waals surface area contributed by atoms with E-state index in [0.717, 1.165) is 12.1 Å². The smallest absolute Gasteiger partial charge is 0.166 e. The van der Waals surface area contributed by atoms with Gasteiger partial charge in [0.15, 0.2) is 5.78 Å². The minimum absolute atomic E-state index is 0.0516. The molecule has 1 aromatic carbocycles. The van der Waals surface area contributed by atoms with Gasteiger partial charge >= 0.3 is 0 Å².